The van der Waals surface area contributed by atoms with Gasteiger partial charge in [0.15, 0.2) is 0 Å². The third-order valence-corrected chi connectivity index (χ3v) is 4.88. The Morgan fingerprint density at radius 3 is 2.81 bits per heavy atom. The SMILES string of the molecule is Cc1ccc(NC(=O)N2CCO[C@@H](c3ccnc(N4CCCC4)n3)C2)nc1. The number of morpholine rings is 1. The van der Waals surface area contributed by atoms with Crippen molar-refractivity contribution in [2.24, 2.45) is 0 Å². The number of carbonyl (C=O) groups is 1. The van der Waals surface area contributed by atoms with Gasteiger partial charge in [0.25, 0.3) is 0 Å². The number of pyridine rings is 1. The maximum Gasteiger partial charge on any atom is 0.323 e. The van der Waals surface area contributed by atoms with E-state index in [2.05, 4.69) is 25.2 Å². The molecule has 1 N–H and O–H groups in total. The predicted octanol–water partition coefficient (Wildman–Crippen LogP) is 2.39. The van der Waals surface area contributed by atoms with Crippen molar-refractivity contribution >= 4 is 17.8 Å². The maximum atomic E-state index is 12.6. The molecule has 2 aliphatic heterocycles. The first-order valence-corrected chi connectivity index (χ1v) is 9.37. The Kier molecular flexibility index (Phi) is 5.15. The maximum absolute atomic E-state index is 12.6. The number of hydrogen-bond donors (Lipinski definition) is 1. The van der Waals surface area contributed by atoms with Crippen molar-refractivity contribution in [2.45, 2.75) is 25.9 Å². The van der Waals surface area contributed by atoms with E-state index in [1.807, 2.05) is 19.1 Å². The Bertz CT molecular complexity index is 791. The van der Waals surface area contributed by atoms with E-state index in [1.165, 1.54) is 12.8 Å². The van der Waals surface area contributed by atoms with E-state index >= 15 is 0 Å². The summed E-state index contributed by atoms with van der Waals surface area (Å²) in [6.07, 6.45) is 5.61. The third-order valence-electron chi connectivity index (χ3n) is 4.88. The molecule has 2 aromatic rings. The van der Waals surface area contributed by atoms with E-state index in [1.54, 1.807) is 23.4 Å². The largest absolute Gasteiger partial charge is 0.368 e. The van der Waals surface area contributed by atoms with Crippen molar-refractivity contribution in [3.63, 3.8) is 0 Å². The molecule has 0 aromatic carbocycles. The minimum Gasteiger partial charge on any atom is -0.368 e. The van der Waals surface area contributed by atoms with Crippen LogP contribution in [-0.2, 0) is 4.74 Å². The number of ether oxygens (including phenoxy) is 1. The van der Waals surface area contributed by atoms with Crippen molar-refractivity contribution in [3.8, 4) is 0 Å². The van der Waals surface area contributed by atoms with Crippen LogP contribution in [0.3, 0.4) is 0 Å². The normalized spacial score (nSPS) is 20.0. The molecule has 2 fully saturated rings. The molecular weight excluding hydrogens is 344 g/mol. The van der Waals surface area contributed by atoms with E-state index in [9.17, 15) is 4.79 Å². The Morgan fingerprint density at radius 1 is 1.19 bits per heavy atom. The van der Waals surface area contributed by atoms with Gasteiger partial charge in [-0.15, -0.1) is 0 Å². The fourth-order valence-electron chi connectivity index (χ4n) is 3.35. The minimum absolute atomic E-state index is 0.173. The van der Waals surface area contributed by atoms with Gasteiger partial charge >= 0.3 is 6.03 Å². The second-order valence-electron chi connectivity index (χ2n) is 6.93. The molecule has 4 rings (SSSR count). The van der Waals surface area contributed by atoms with Gasteiger partial charge in [0.05, 0.1) is 18.8 Å². The number of amides is 2. The summed E-state index contributed by atoms with van der Waals surface area (Å²) in [6, 6.07) is 5.42. The zero-order valence-electron chi connectivity index (χ0n) is 15.5. The molecule has 0 unspecified atom stereocenters. The zero-order chi connectivity index (χ0) is 18.6. The van der Waals surface area contributed by atoms with Gasteiger partial charge in [-0.1, -0.05) is 6.07 Å². The molecule has 4 heterocycles. The first-order valence-electron chi connectivity index (χ1n) is 9.37. The topological polar surface area (TPSA) is 83.5 Å². The molecule has 2 aromatic heterocycles. The van der Waals surface area contributed by atoms with E-state index in [-0.39, 0.29) is 12.1 Å². The number of carbonyl (C=O) groups excluding carboxylic acids is 1. The van der Waals surface area contributed by atoms with Crippen LogP contribution < -0.4 is 10.2 Å². The predicted molar refractivity (Wildman–Crippen MR) is 102 cm³/mol. The molecule has 2 amide bonds. The summed E-state index contributed by atoms with van der Waals surface area (Å²) < 4.78 is 5.88. The lowest BCUT2D eigenvalue weighted by atomic mass is 10.2. The molecule has 0 radical (unpaired) electrons. The molecule has 0 saturated carbocycles. The van der Waals surface area contributed by atoms with Crippen LogP contribution >= 0.6 is 0 Å². The number of urea groups is 1. The number of aromatic nitrogens is 3. The van der Waals surface area contributed by atoms with Gasteiger partial charge in [0, 0.05) is 32.0 Å². The molecule has 8 heteroatoms. The van der Waals surface area contributed by atoms with Gasteiger partial charge < -0.3 is 14.5 Å². The Balaban J connectivity index is 1.42. The molecule has 0 spiro atoms. The van der Waals surface area contributed by atoms with Crippen molar-refractivity contribution in [1.29, 1.82) is 0 Å². The molecule has 0 bridgehead atoms. The number of aryl methyl sites for hydroxylation is 1. The van der Waals surface area contributed by atoms with Crippen LogP contribution in [0.5, 0.6) is 0 Å². The highest BCUT2D eigenvalue weighted by molar-refractivity contribution is 5.88. The van der Waals surface area contributed by atoms with Crippen LogP contribution in [0.1, 0.15) is 30.2 Å². The summed E-state index contributed by atoms with van der Waals surface area (Å²) in [5.41, 5.74) is 1.87. The smallest absolute Gasteiger partial charge is 0.323 e. The average molecular weight is 368 g/mol. The van der Waals surface area contributed by atoms with E-state index in [0.29, 0.717) is 25.5 Å². The fourth-order valence-corrected chi connectivity index (χ4v) is 3.35. The van der Waals surface area contributed by atoms with Crippen LogP contribution in [0.25, 0.3) is 0 Å². The molecule has 27 heavy (non-hydrogen) atoms. The average Bonchev–Trinajstić information content (AvgIpc) is 3.25. The first-order chi connectivity index (χ1) is 13.2. The van der Waals surface area contributed by atoms with Crippen LogP contribution in [0.2, 0.25) is 0 Å². The summed E-state index contributed by atoms with van der Waals surface area (Å²) in [7, 11) is 0. The number of rotatable bonds is 3. The number of hydrogen-bond acceptors (Lipinski definition) is 6. The second-order valence-corrected chi connectivity index (χ2v) is 6.93. The fraction of sp³-hybridized carbons (Fsp3) is 0.474. The lowest BCUT2D eigenvalue weighted by molar-refractivity contribution is -0.0157. The molecule has 8 nitrogen and oxygen atoms in total. The zero-order valence-corrected chi connectivity index (χ0v) is 15.5. The number of anilines is 2. The lowest BCUT2D eigenvalue weighted by Crippen LogP contribution is -2.44. The Morgan fingerprint density at radius 2 is 2.04 bits per heavy atom. The molecule has 2 saturated heterocycles. The summed E-state index contributed by atoms with van der Waals surface area (Å²) >= 11 is 0. The molecule has 2 aliphatic rings. The van der Waals surface area contributed by atoms with Crippen molar-refractivity contribution in [1.82, 2.24) is 19.9 Å². The Labute approximate surface area is 158 Å². The highest BCUT2D eigenvalue weighted by Crippen LogP contribution is 2.23. The van der Waals surface area contributed by atoms with Crippen LogP contribution in [-0.4, -0.2) is 58.7 Å². The number of nitrogens with one attached hydrogen (secondary N) is 1. The highest BCUT2D eigenvalue weighted by atomic mass is 16.5. The molecular formula is C19H24N6O2. The third kappa shape index (κ3) is 4.16. The van der Waals surface area contributed by atoms with Crippen LogP contribution in [0, 0.1) is 6.92 Å². The van der Waals surface area contributed by atoms with E-state index in [0.717, 1.165) is 30.3 Å². The van der Waals surface area contributed by atoms with Crippen molar-refractivity contribution in [2.75, 3.05) is 43.0 Å². The van der Waals surface area contributed by atoms with Crippen molar-refractivity contribution < 1.29 is 9.53 Å². The van der Waals surface area contributed by atoms with Gasteiger partial charge in [-0.25, -0.2) is 19.7 Å². The second kappa shape index (κ2) is 7.87. The van der Waals surface area contributed by atoms with Gasteiger partial charge in [-0.05, 0) is 37.5 Å². The van der Waals surface area contributed by atoms with E-state index < -0.39 is 0 Å². The van der Waals surface area contributed by atoms with Gasteiger partial charge in [-0.3, -0.25) is 5.32 Å². The van der Waals surface area contributed by atoms with Gasteiger partial charge in [0.2, 0.25) is 5.95 Å². The summed E-state index contributed by atoms with van der Waals surface area (Å²) in [5, 5.41) is 2.85. The number of nitrogens with zero attached hydrogens (tertiary/aromatic N) is 5. The van der Waals surface area contributed by atoms with E-state index in [4.69, 9.17) is 4.74 Å². The monoisotopic (exact) mass is 368 g/mol. The van der Waals surface area contributed by atoms with Crippen LogP contribution in [0.15, 0.2) is 30.6 Å². The van der Waals surface area contributed by atoms with Crippen LogP contribution in [0.4, 0.5) is 16.6 Å². The van der Waals surface area contributed by atoms with Crippen molar-refractivity contribution in [3.05, 3.63) is 41.9 Å². The summed E-state index contributed by atoms with van der Waals surface area (Å²) in [6.45, 7) is 5.41. The lowest BCUT2D eigenvalue weighted by Gasteiger charge is -2.32. The summed E-state index contributed by atoms with van der Waals surface area (Å²) in [5.74, 6) is 1.30. The molecule has 142 valence electrons. The molecule has 1 atom stereocenters. The highest BCUT2D eigenvalue weighted by Gasteiger charge is 2.27. The standard InChI is InChI=1S/C19H24N6O2/c1-14-4-5-17(21-12-14)23-19(26)25-10-11-27-16(13-25)15-6-7-20-18(22-15)24-8-2-3-9-24/h4-7,12,16H,2-3,8-11,13H2,1H3,(H,21,23,26)/t16-/m1/s1. The minimum atomic E-state index is -0.250. The Hall–Kier alpha value is -2.74. The summed E-state index contributed by atoms with van der Waals surface area (Å²) in [4.78, 5) is 29.8. The molecule has 0 aliphatic carbocycles. The van der Waals surface area contributed by atoms with Gasteiger partial charge in [-0.2, -0.15) is 0 Å². The van der Waals surface area contributed by atoms with Gasteiger partial charge in [0.1, 0.15) is 11.9 Å². The first kappa shape index (κ1) is 17.7. The quantitative estimate of drug-likeness (QED) is 0.896.